The second-order valence-corrected chi connectivity index (χ2v) is 4.75. The van der Waals surface area contributed by atoms with Gasteiger partial charge in [0.25, 0.3) is 5.91 Å². The maximum absolute atomic E-state index is 12.5. The summed E-state index contributed by atoms with van der Waals surface area (Å²) in [6, 6.07) is 1.76. The molecular weight excluding hydrogens is 272 g/mol. The number of carbonyl (C=O) groups is 2. The summed E-state index contributed by atoms with van der Waals surface area (Å²) in [6.45, 7) is 2.25. The number of ether oxygens (including phenoxy) is 1. The molecule has 2 rings (SSSR count). The molecule has 0 unspecified atom stereocenters. The molecule has 0 fully saturated rings. The van der Waals surface area contributed by atoms with E-state index >= 15 is 0 Å². The van der Waals surface area contributed by atoms with Crippen molar-refractivity contribution in [2.75, 3.05) is 20.7 Å². The Kier molecular flexibility index (Phi) is 4.52. The first kappa shape index (κ1) is 15.0. The molecule has 0 radical (unpaired) electrons. The number of methoxy groups -OCH3 is 1. The van der Waals surface area contributed by atoms with E-state index in [0.717, 1.165) is 0 Å². The van der Waals surface area contributed by atoms with Crippen LogP contribution in [0, 0.1) is 6.92 Å². The molecule has 0 spiro atoms. The van der Waals surface area contributed by atoms with Gasteiger partial charge in [-0.2, -0.15) is 5.10 Å². The van der Waals surface area contributed by atoms with Crippen molar-refractivity contribution >= 4 is 17.5 Å². The molecule has 0 saturated carbocycles. The first-order chi connectivity index (χ1) is 10.0. The lowest BCUT2D eigenvalue weighted by atomic mass is 10.2. The van der Waals surface area contributed by atoms with Gasteiger partial charge in [-0.1, -0.05) is 0 Å². The quantitative estimate of drug-likeness (QED) is 0.770. The van der Waals surface area contributed by atoms with Crippen LogP contribution in [0.15, 0.2) is 18.5 Å². The number of esters is 1. The zero-order valence-corrected chi connectivity index (χ0v) is 12.4. The first-order valence-corrected chi connectivity index (χ1v) is 6.67. The molecule has 7 heteroatoms. The van der Waals surface area contributed by atoms with Gasteiger partial charge in [-0.05, 0) is 19.4 Å². The summed E-state index contributed by atoms with van der Waals surface area (Å²) in [6.07, 6.45) is 4.23. The smallest absolute Gasteiger partial charge is 0.305 e. The van der Waals surface area contributed by atoms with Crippen molar-refractivity contribution < 1.29 is 14.3 Å². The van der Waals surface area contributed by atoms with Crippen molar-refractivity contribution in [1.82, 2.24) is 19.5 Å². The van der Waals surface area contributed by atoms with E-state index in [1.165, 1.54) is 7.11 Å². The monoisotopic (exact) mass is 290 g/mol. The summed E-state index contributed by atoms with van der Waals surface area (Å²) < 4.78 is 6.16. The van der Waals surface area contributed by atoms with Gasteiger partial charge in [-0.3, -0.25) is 9.59 Å². The maximum atomic E-state index is 12.5. The van der Waals surface area contributed by atoms with E-state index in [-0.39, 0.29) is 11.9 Å². The van der Waals surface area contributed by atoms with Crippen LogP contribution in [0.2, 0.25) is 0 Å². The minimum absolute atomic E-state index is 0.147. The number of rotatable bonds is 5. The minimum atomic E-state index is -0.273. The predicted molar refractivity (Wildman–Crippen MR) is 75.9 cm³/mol. The van der Waals surface area contributed by atoms with E-state index in [2.05, 4.69) is 14.8 Å². The predicted octanol–water partition coefficient (Wildman–Crippen LogP) is 1.06. The zero-order valence-electron chi connectivity index (χ0n) is 12.4. The average molecular weight is 290 g/mol. The molecule has 1 amide bonds. The van der Waals surface area contributed by atoms with Gasteiger partial charge < -0.3 is 9.64 Å². The molecule has 0 aliphatic heterocycles. The third kappa shape index (κ3) is 3.18. The highest BCUT2D eigenvalue weighted by atomic mass is 16.5. The van der Waals surface area contributed by atoms with Crippen molar-refractivity contribution in [2.45, 2.75) is 19.8 Å². The SMILES string of the molecule is COC(=O)CCCN(C)C(=O)c1c(C)nn2cccnc12. The van der Waals surface area contributed by atoms with Crippen molar-refractivity contribution in [1.29, 1.82) is 0 Å². The number of hydrogen-bond donors (Lipinski definition) is 0. The van der Waals surface area contributed by atoms with E-state index < -0.39 is 0 Å². The molecule has 0 atom stereocenters. The summed E-state index contributed by atoms with van der Waals surface area (Å²) in [5.41, 5.74) is 1.68. The van der Waals surface area contributed by atoms with Crippen LogP contribution in [-0.2, 0) is 9.53 Å². The third-order valence-electron chi connectivity index (χ3n) is 3.23. The number of aromatic nitrogens is 3. The second-order valence-electron chi connectivity index (χ2n) is 4.75. The average Bonchev–Trinajstić information content (AvgIpc) is 2.81. The van der Waals surface area contributed by atoms with E-state index in [1.807, 2.05) is 0 Å². The Morgan fingerprint density at radius 2 is 2.19 bits per heavy atom. The van der Waals surface area contributed by atoms with Crippen LogP contribution < -0.4 is 0 Å². The van der Waals surface area contributed by atoms with Gasteiger partial charge in [-0.25, -0.2) is 9.50 Å². The Bertz CT molecular complexity index is 665. The number of aryl methyl sites for hydroxylation is 1. The zero-order chi connectivity index (χ0) is 15.4. The molecular formula is C14H18N4O3. The van der Waals surface area contributed by atoms with E-state index in [9.17, 15) is 9.59 Å². The summed E-state index contributed by atoms with van der Waals surface area (Å²) in [5, 5.41) is 4.27. The molecule has 21 heavy (non-hydrogen) atoms. The fraction of sp³-hybridized carbons (Fsp3) is 0.429. The summed E-state index contributed by atoms with van der Waals surface area (Å²) in [5.74, 6) is -0.421. The lowest BCUT2D eigenvalue weighted by Gasteiger charge is -2.16. The van der Waals surface area contributed by atoms with Crippen LogP contribution in [0.5, 0.6) is 0 Å². The number of amides is 1. The maximum Gasteiger partial charge on any atom is 0.305 e. The Morgan fingerprint density at radius 1 is 1.43 bits per heavy atom. The Balaban J connectivity index is 2.11. The Hall–Kier alpha value is -2.44. The summed E-state index contributed by atoms with van der Waals surface area (Å²) >= 11 is 0. The minimum Gasteiger partial charge on any atom is -0.469 e. The lowest BCUT2D eigenvalue weighted by Crippen LogP contribution is -2.28. The van der Waals surface area contributed by atoms with Crippen LogP contribution in [-0.4, -0.2) is 52.1 Å². The van der Waals surface area contributed by atoms with Gasteiger partial charge in [0, 0.05) is 32.4 Å². The molecule has 2 heterocycles. The number of carbonyl (C=O) groups excluding carboxylic acids is 2. The summed E-state index contributed by atoms with van der Waals surface area (Å²) in [4.78, 5) is 29.4. The second kappa shape index (κ2) is 6.34. The van der Waals surface area contributed by atoms with Crippen molar-refractivity contribution in [3.8, 4) is 0 Å². The standard InChI is InChI=1S/C14H18N4O3/c1-10-12(13-15-7-5-9-18(13)16-10)14(20)17(2)8-4-6-11(19)21-3/h5,7,9H,4,6,8H2,1-3H3. The molecule has 0 bridgehead atoms. The van der Waals surface area contributed by atoms with Gasteiger partial charge in [0.15, 0.2) is 5.65 Å². The molecule has 0 aromatic carbocycles. The van der Waals surface area contributed by atoms with Crippen molar-refractivity contribution in [2.24, 2.45) is 0 Å². The molecule has 7 nitrogen and oxygen atoms in total. The fourth-order valence-corrected chi connectivity index (χ4v) is 2.10. The molecule has 2 aromatic rings. The largest absolute Gasteiger partial charge is 0.469 e. The lowest BCUT2D eigenvalue weighted by molar-refractivity contribution is -0.140. The number of nitrogens with zero attached hydrogens (tertiary/aromatic N) is 4. The molecule has 0 N–H and O–H groups in total. The van der Waals surface area contributed by atoms with Crippen LogP contribution in [0.3, 0.4) is 0 Å². The third-order valence-corrected chi connectivity index (χ3v) is 3.23. The highest BCUT2D eigenvalue weighted by molar-refractivity contribution is 6.00. The van der Waals surface area contributed by atoms with E-state index in [4.69, 9.17) is 0 Å². The normalized spacial score (nSPS) is 10.6. The van der Waals surface area contributed by atoms with Crippen LogP contribution >= 0.6 is 0 Å². The molecule has 0 aliphatic rings. The van der Waals surface area contributed by atoms with Crippen LogP contribution in [0.25, 0.3) is 5.65 Å². The Morgan fingerprint density at radius 3 is 2.90 bits per heavy atom. The van der Waals surface area contributed by atoms with Crippen LogP contribution in [0.1, 0.15) is 28.9 Å². The fourth-order valence-electron chi connectivity index (χ4n) is 2.10. The van der Waals surface area contributed by atoms with Gasteiger partial charge in [0.2, 0.25) is 0 Å². The number of fused-ring (bicyclic) bond motifs is 1. The van der Waals surface area contributed by atoms with Gasteiger partial charge in [-0.15, -0.1) is 0 Å². The van der Waals surface area contributed by atoms with Crippen molar-refractivity contribution in [3.05, 3.63) is 29.7 Å². The van der Waals surface area contributed by atoms with Crippen LogP contribution in [0.4, 0.5) is 0 Å². The molecule has 0 saturated heterocycles. The van der Waals surface area contributed by atoms with E-state index in [0.29, 0.717) is 36.3 Å². The van der Waals surface area contributed by atoms with E-state index in [1.54, 1.807) is 41.8 Å². The Labute approximate surface area is 122 Å². The molecule has 112 valence electrons. The van der Waals surface area contributed by atoms with Crippen molar-refractivity contribution in [3.63, 3.8) is 0 Å². The molecule has 0 aliphatic carbocycles. The summed E-state index contributed by atoms with van der Waals surface area (Å²) in [7, 11) is 3.05. The van der Waals surface area contributed by atoms with Gasteiger partial charge in [0.1, 0.15) is 5.56 Å². The number of hydrogen-bond acceptors (Lipinski definition) is 5. The highest BCUT2D eigenvalue weighted by Crippen LogP contribution is 2.15. The molecule has 2 aromatic heterocycles. The highest BCUT2D eigenvalue weighted by Gasteiger charge is 2.21. The first-order valence-electron chi connectivity index (χ1n) is 6.67. The van der Waals surface area contributed by atoms with Gasteiger partial charge >= 0.3 is 5.97 Å². The topological polar surface area (TPSA) is 76.8 Å². The van der Waals surface area contributed by atoms with Gasteiger partial charge in [0.05, 0.1) is 12.8 Å².